The van der Waals surface area contributed by atoms with Gasteiger partial charge in [0.1, 0.15) is 12.3 Å². The number of hydrogen-bond donors (Lipinski definition) is 0. The maximum absolute atomic E-state index is 12.7. The third-order valence-electron chi connectivity index (χ3n) is 3.99. The molecule has 27 heavy (non-hydrogen) atoms. The number of likely N-dealkylation sites (N-methyl/N-ethyl adjacent to an activating group) is 1. The third kappa shape index (κ3) is 4.86. The summed E-state index contributed by atoms with van der Waals surface area (Å²) in [5.74, 6) is 1.32. The summed E-state index contributed by atoms with van der Waals surface area (Å²) in [4.78, 5) is 18.7. The van der Waals surface area contributed by atoms with Gasteiger partial charge < -0.3 is 14.2 Å². The third-order valence-corrected chi connectivity index (χ3v) is 4.25. The highest BCUT2D eigenvalue weighted by Crippen LogP contribution is 2.19. The Morgan fingerprint density at radius 2 is 1.89 bits per heavy atom. The fourth-order valence-corrected chi connectivity index (χ4v) is 2.68. The van der Waals surface area contributed by atoms with Gasteiger partial charge in [-0.1, -0.05) is 35.0 Å². The van der Waals surface area contributed by atoms with Gasteiger partial charge in [-0.3, -0.25) is 4.79 Å². The average Bonchev–Trinajstić information content (AvgIpc) is 3.15. The maximum Gasteiger partial charge on any atom is 0.263 e. The van der Waals surface area contributed by atoms with E-state index in [4.69, 9.17) is 20.9 Å². The van der Waals surface area contributed by atoms with Crippen molar-refractivity contribution in [3.05, 3.63) is 65.5 Å². The zero-order valence-corrected chi connectivity index (χ0v) is 15.9. The molecular formula is C20H20ClN3O3. The number of ether oxygens (including phenoxy) is 1. The summed E-state index contributed by atoms with van der Waals surface area (Å²) in [6.45, 7) is 4.34. The molecule has 1 aromatic heterocycles. The summed E-state index contributed by atoms with van der Waals surface area (Å²) in [6.07, 6.45) is -0.619. The van der Waals surface area contributed by atoms with Crippen LogP contribution in [0.15, 0.2) is 59.1 Å². The number of amides is 1. The highest BCUT2D eigenvalue weighted by molar-refractivity contribution is 6.30. The van der Waals surface area contributed by atoms with Crippen molar-refractivity contribution in [2.45, 2.75) is 26.5 Å². The van der Waals surface area contributed by atoms with Crippen molar-refractivity contribution < 1.29 is 14.1 Å². The molecule has 0 aliphatic carbocycles. The Morgan fingerprint density at radius 3 is 2.56 bits per heavy atom. The first-order valence-electron chi connectivity index (χ1n) is 8.66. The number of hydrogen-bond acceptors (Lipinski definition) is 5. The van der Waals surface area contributed by atoms with Crippen LogP contribution in [0.4, 0.5) is 0 Å². The number of rotatable bonds is 7. The summed E-state index contributed by atoms with van der Waals surface area (Å²) in [6, 6.07) is 16.4. The van der Waals surface area contributed by atoms with Gasteiger partial charge >= 0.3 is 0 Å². The lowest BCUT2D eigenvalue weighted by atomic mass is 10.2. The molecule has 1 unspecified atom stereocenters. The van der Waals surface area contributed by atoms with Gasteiger partial charge in [0.2, 0.25) is 11.7 Å². The van der Waals surface area contributed by atoms with Crippen LogP contribution in [0.5, 0.6) is 5.75 Å². The van der Waals surface area contributed by atoms with Gasteiger partial charge in [-0.2, -0.15) is 4.98 Å². The smallest absolute Gasteiger partial charge is 0.263 e. The number of halogens is 1. The van der Waals surface area contributed by atoms with E-state index < -0.39 is 6.10 Å². The quantitative estimate of drug-likeness (QED) is 0.609. The standard InChI is InChI=1S/C20H20ClN3O3/c1-3-24(20(25)14(2)26-17-7-5-4-6-8-17)13-18-22-19(23-27-18)15-9-11-16(21)12-10-15/h4-12,14H,3,13H2,1-2H3. The average molecular weight is 386 g/mol. The van der Waals surface area contributed by atoms with Gasteiger partial charge in [-0.05, 0) is 50.2 Å². The minimum Gasteiger partial charge on any atom is -0.481 e. The molecule has 0 bridgehead atoms. The topological polar surface area (TPSA) is 68.5 Å². The predicted octanol–water partition coefficient (Wildman–Crippen LogP) is 4.21. The van der Waals surface area contributed by atoms with Gasteiger partial charge in [0.05, 0.1) is 0 Å². The Bertz CT molecular complexity index is 881. The van der Waals surface area contributed by atoms with Gasteiger partial charge in [0.15, 0.2) is 6.10 Å². The van der Waals surface area contributed by atoms with E-state index in [2.05, 4.69) is 10.1 Å². The van der Waals surface area contributed by atoms with Crippen LogP contribution in [0.2, 0.25) is 5.02 Å². The highest BCUT2D eigenvalue weighted by atomic mass is 35.5. The van der Waals surface area contributed by atoms with E-state index in [1.54, 1.807) is 24.0 Å². The zero-order valence-electron chi connectivity index (χ0n) is 15.1. The lowest BCUT2D eigenvalue weighted by Gasteiger charge is -2.23. The summed E-state index contributed by atoms with van der Waals surface area (Å²) >= 11 is 5.89. The zero-order chi connectivity index (χ0) is 19.2. The van der Waals surface area contributed by atoms with Crippen molar-refractivity contribution in [1.82, 2.24) is 15.0 Å². The number of nitrogens with zero attached hydrogens (tertiary/aromatic N) is 3. The van der Waals surface area contributed by atoms with Crippen LogP contribution in [0.25, 0.3) is 11.4 Å². The molecular weight excluding hydrogens is 366 g/mol. The molecule has 0 radical (unpaired) electrons. The summed E-state index contributed by atoms with van der Waals surface area (Å²) in [5, 5.41) is 4.61. The molecule has 0 aliphatic heterocycles. The SMILES string of the molecule is CCN(Cc1nc(-c2ccc(Cl)cc2)no1)C(=O)C(C)Oc1ccccc1. The summed E-state index contributed by atoms with van der Waals surface area (Å²) < 4.78 is 11.0. The molecule has 0 spiro atoms. The summed E-state index contributed by atoms with van der Waals surface area (Å²) in [5.41, 5.74) is 0.796. The van der Waals surface area contributed by atoms with Crippen molar-refractivity contribution in [2.24, 2.45) is 0 Å². The van der Waals surface area contributed by atoms with E-state index in [9.17, 15) is 4.79 Å². The van der Waals surface area contributed by atoms with Gasteiger partial charge in [-0.25, -0.2) is 0 Å². The molecule has 0 aliphatic rings. The van der Waals surface area contributed by atoms with Crippen molar-refractivity contribution in [3.63, 3.8) is 0 Å². The van der Waals surface area contributed by atoms with Crippen molar-refractivity contribution >= 4 is 17.5 Å². The van der Waals surface area contributed by atoms with Crippen LogP contribution >= 0.6 is 11.6 Å². The van der Waals surface area contributed by atoms with Gasteiger partial charge in [0.25, 0.3) is 5.91 Å². The minimum atomic E-state index is -0.619. The van der Waals surface area contributed by atoms with E-state index in [-0.39, 0.29) is 12.5 Å². The maximum atomic E-state index is 12.7. The molecule has 0 fully saturated rings. The lowest BCUT2D eigenvalue weighted by molar-refractivity contribution is -0.138. The number of aromatic nitrogens is 2. The van der Waals surface area contributed by atoms with Gasteiger partial charge in [0, 0.05) is 17.1 Å². The van der Waals surface area contributed by atoms with Crippen LogP contribution in [0.3, 0.4) is 0 Å². The van der Waals surface area contributed by atoms with Crippen LogP contribution < -0.4 is 4.74 Å². The Morgan fingerprint density at radius 1 is 1.19 bits per heavy atom. The Kier molecular flexibility index (Phi) is 6.08. The molecule has 2 aromatic carbocycles. The second-order valence-corrected chi connectivity index (χ2v) is 6.38. The predicted molar refractivity (Wildman–Crippen MR) is 102 cm³/mol. The van der Waals surface area contributed by atoms with E-state index in [0.717, 1.165) is 5.56 Å². The number of para-hydroxylation sites is 1. The number of carbonyl (C=O) groups excluding carboxylic acids is 1. The van der Waals surface area contributed by atoms with E-state index in [1.807, 2.05) is 49.4 Å². The van der Waals surface area contributed by atoms with E-state index in [1.165, 1.54) is 0 Å². The van der Waals surface area contributed by atoms with Crippen LogP contribution in [-0.2, 0) is 11.3 Å². The molecule has 0 saturated heterocycles. The fourth-order valence-electron chi connectivity index (χ4n) is 2.55. The first-order chi connectivity index (χ1) is 13.1. The molecule has 1 amide bonds. The largest absolute Gasteiger partial charge is 0.481 e. The number of carbonyl (C=O) groups is 1. The second kappa shape index (κ2) is 8.68. The van der Waals surface area contributed by atoms with E-state index >= 15 is 0 Å². The van der Waals surface area contributed by atoms with Crippen LogP contribution in [0, 0.1) is 0 Å². The molecule has 1 atom stereocenters. The molecule has 7 heteroatoms. The van der Waals surface area contributed by atoms with Crippen molar-refractivity contribution in [1.29, 1.82) is 0 Å². The monoisotopic (exact) mass is 385 g/mol. The molecule has 3 rings (SSSR count). The number of benzene rings is 2. The molecule has 0 N–H and O–H groups in total. The first kappa shape index (κ1) is 18.9. The fraction of sp³-hybridized carbons (Fsp3) is 0.250. The normalized spacial score (nSPS) is 11.8. The van der Waals surface area contributed by atoms with Gasteiger partial charge in [-0.15, -0.1) is 0 Å². The Hall–Kier alpha value is -2.86. The summed E-state index contributed by atoms with van der Waals surface area (Å²) in [7, 11) is 0. The van der Waals surface area contributed by atoms with Crippen LogP contribution in [-0.4, -0.2) is 33.6 Å². The molecule has 140 valence electrons. The van der Waals surface area contributed by atoms with Crippen LogP contribution in [0.1, 0.15) is 19.7 Å². The second-order valence-electron chi connectivity index (χ2n) is 5.94. The lowest BCUT2D eigenvalue weighted by Crippen LogP contribution is -2.40. The molecule has 3 aromatic rings. The molecule has 0 saturated carbocycles. The Balaban J connectivity index is 1.66. The molecule has 1 heterocycles. The van der Waals surface area contributed by atoms with E-state index in [0.29, 0.717) is 29.0 Å². The van der Waals surface area contributed by atoms with Crippen molar-refractivity contribution in [3.8, 4) is 17.1 Å². The minimum absolute atomic E-state index is 0.146. The van der Waals surface area contributed by atoms with Crippen molar-refractivity contribution in [2.75, 3.05) is 6.54 Å². The Labute approximate surface area is 162 Å². The molecule has 6 nitrogen and oxygen atoms in total. The first-order valence-corrected chi connectivity index (χ1v) is 9.03. The highest BCUT2D eigenvalue weighted by Gasteiger charge is 2.23.